The summed E-state index contributed by atoms with van der Waals surface area (Å²) in [5, 5.41) is 12.9. The first-order chi connectivity index (χ1) is 15.1. The van der Waals surface area contributed by atoms with Crippen LogP contribution in [-0.2, 0) is 15.1 Å². The van der Waals surface area contributed by atoms with Crippen LogP contribution in [0.5, 0.6) is 0 Å². The van der Waals surface area contributed by atoms with Crippen molar-refractivity contribution in [1.82, 2.24) is 10.2 Å². The average Bonchev–Trinajstić information content (AvgIpc) is 2.96. The van der Waals surface area contributed by atoms with E-state index in [9.17, 15) is 18.0 Å². The summed E-state index contributed by atoms with van der Waals surface area (Å²) in [6, 6.07) is 6.93. The third kappa shape index (κ3) is 3.19. The zero-order valence-electron chi connectivity index (χ0n) is 18.3. The number of hydrogen-bond acceptors (Lipinski definition) is 5. The van der Waals surface area contributed by atoms with Crippen LogP contribution in [0.1, 0.15) is 48.7 Å². The molecule has 3 aromatic rings. The minimum atomic E-state index is -2.91. The fourth-order valence-corrected chi connectivity index (χ4v) is 4.18. The van der Waals surface area contributed by atoms with Crippen LogP contribution >= 0.6 is 0 Å². The first-order valence-electron chi connectivity index (χ1n) is 10.1. The molecule has 1 unspecified atom stereocenters. The second-order valence-electron chi connectivity index (χ2n) is 8.07. The van der Waals surface area contributed by atoms with E-state index >= 15 is 0 Å². The maximum absolute atomic E-state index is 14.6. The standard InChI is InChI=1S/C23H23F3N4O2/c1-11(13-7-6-8-14(19(13)24)20(25)26)27-21-16-10-18-17(9-15(16)12(2)28-29-21)23(3,32-5)22(31)30(18)4/h6-11,20H,1-5H3,(H,27,29)/t11-,23?/m1/s1. The van der Waals surface area contributed by atoms with Crippen molar-refractivity contribution in [3.8, 4) is 0 Å². The normalized spacial score (nSPS) is 19.0. The van der Waals surface area contributed by atoms with E-state index in [-0.39, 0.29) is 11.5 Å². The predicted molar refractivity (Wildman–Crippen MR) is 115 cm³/mol. The first-order valence-corrected chi connectivity index (χ1v) is 10.1. The van der Waals surface area contributed by atoms with Crippen molar-refractivity contribution in [3.05, 3.63) is 58.5 Å². The highest BCUT2D eigenvalue weighted by Crippen LogP contribution is 2.45. The summed E-state index contributed by atoms with van der Waals surface area (Å²) in [6.07, 6.45) is -2.91. The number of aryl methyl sites for hydroxylation is 1. The van der Waals surface area contributed by atoms with Crippen LogP contribution in [0.15, 0.2) is 30.3 Å². The molecule has 1 aliphatic heterocycles. The molecule has 2 heterocycles. The summed E-state index contributed by atoms with van der Waals surface area (Å²) in [6.45, 7) is 5.17. The van der Waals surface area contributed by atoms with Crippen molar-refractivity contribution in [1.29, 1.82) is 0 Å². The molecule has 0 fully saturated rings. The molecule has 2 atom stereocenters. The van der Waals surface area contributed by atoms with E-state index in [0.29, 0.717) is 28.1 Å². The van der Waals surface area contributed by atoms with Gasteiger partial charge in [0.1, 0.15) is 5.82 Å². The molecule has 0 saturated heterocycles. The molecular formula is C23H23F3N4O2. The molecule has 0 bridgehead atoms. The number of ether oxygens (including phenoxy) is 1. The summed E-state index contributed by atoms with van der Waals surface area (Å²) in [5.41, 5.74) is 0.360. The maximum atomic E-state index is 14.6. The van der Waals surface area contributed by atoms with Gasteiger partial charge < -0.3 is 15.0 Å². The molecule has 1 aromatic heterocycles. The van der Waals surface area contributed by atoms with Gasteiger partial charge in [-0.15, -0.1) is 5.10 Å². The van der Waals surface area contributed by atoms with Gasteiger partial charge in [0.25, 0.3) is 12.3 Å². The largest absolute Gasteiger partial charge is 0.364 e. The number of aromatic nitrogens is 2. The number of hydrogen-bond donors (Lipinski definition) is 1. The van der Waals surface area contributed by atoms with Crippen molar-refractivity contribution >= 4 is 28.2 Å². The first kappa shape index (κ1) is 22.0. The number of rotatable bonds is 5. The van der Waals surface area contributed by atoms with Crippen LogP contribution in [0.4, 0.5) is 24.7 Å². The van der Waals surface area contributed by atoms with Crippen LogP contribution in [0.25, 0.3) is 10.8 Å². The molecule has 0 spiro atoms. The topological polar surface area (TPSA) is 67.3 Å². The molecule has 0 radical (unpaired) electrons. The smallest absolute Gasteiger partial charge is 0.266 e. The van der Waals surface area contributed by atoms with Crippen molar-refractivity contribution < 1.29 is 22.7 Å². The highest BCUT2D eigenvalue weighted by atomic mass is 19.3. The van der Waals surface area contributed by atoms with Gasteiger partial charge in [0.2, 0.25) is 0 Å². The van der Waals surface area contributed by atoms with Crippen LogP contribution in [0.3, 0.4) is 0 Å². The number of alkyl halides is 2. The van der Waals surface area contributed by atoms with Gasteiger partial charge in [-0.1, -0.05) is 18.2 Å². The van der Waals surface area contributed by atoms with Gasteiger partial charge in [-0.2, -0.15) is 5.10 Å². The Bertz CT molecular complexity index is 1230. The van der Waals surface area contributed by atoms with Crippen LogP contribution in [0, 0.1) is 12.7 Å². The summed E-state index contributed by atoms with van der Waals surface area (Å²) < 4.78 is 46.4. The number of benzene rings is 2. The second kappa shape index (κ2) is 7.74. The average molecular weight is 444 g/mol. The maximum Gasteiger partial charge on any atom is 0.266 e. The Balaban J connectivity index is 1.82. The molecular weight excluding hydrogens is 421 g/mol. The lowest BCUT2D eigenvalue weighted by molar-refractivity contribution is -0.137. The molecule has 168 valence electrons. The van der Waals surface area contributed by atoms with Gasteiger partial charge in [-0.3, -0.25) is 4.79 Å². The van der Waals surface area contributed by atoms with E-state index in [4.69, 9.17) is 4.74 Å². The number of fused-ring (bicyclic) bond motifs is 2. The molecule has 1 N–H and O–H groups in total. The van der Waals surface area contributed by atoms with Crippen molar-refractivity contribution in [2.45, 2.75) is 38.8 Å². The molecule has 1 aliphatic rings. The fourth-order valence-electron chi connectivity index (χ4n) is 4.18. The molecule has 0 saturated carbocycles. The Kier molecular flexibility index (Phi) is 5.32. The van der Waals surface area contributed by atoms with Gasteiger partial charge in [0.05, 0.1) is 23.0 Å². The Morgan fingerprint density at radius 3 is 2.50 bits per heavy atom. The highest BCUT2D eigenvalue weighted by Gasteiger charge is 2.47. The number of halogens is 3. The van der Waals surface area contributed by atoms with Crippen LogP contribution in [-0.4, -0.2) is 30.3 Å². The van der Waals surface area contributed by atoms with Gasteiger partial charge in [-0.05, 0) is 32.9 Å². The number of nitrogens with zero attached hydrogens (tertiary/aromatic N) is 3. The third-order valence-corrected chi connectivity index (χ3v) is 6.19. The van der Waals surface area contributed by atoms with Crippen molar-refractivity contribution in [2.75, 3.05) is 24.4 Å². The number of carbonyl (C=O) groups excluding carboxylic acids is 1. The quantitative estimate of drug-likeness (QED) is 0.598. The lowest BCUT2D eigenvalue weighted by Gasteiger charge is -2.21. The van der Waals surface area contributed by atoms with Gasteiger partial charge in [0, 0.05) is 36.1 Å². The summed E-state index contributed by atoms with van der Waals surface area (Å²) in [5.74, 6) is -0.791. The van der Waals surface area contributed by atoms with E-state index in [1.807, 2.05) is 12.1 Å². The van der Waals surface area contributed by atoms with E-state index in [0.717, 1.165) is 11.5 Å². The van der Waals surface area contributed by atoms with Gasteiger partial charge in [0.15, 0.2) is 11.4 Å². The predicted octanol–water partition coefficient (Wildman–Crippen LogP) is 5.03. The zero-order valence-corrected chi connectivity index (χ0v) is 18.3. The number of nitrogens with one attached hydrogen (secondary N) is 1. The zero-order chi connectivity index (χ0) is 23.4. The molecule has 9 heteroatoms. The second-order valence-corrected chi connectivity index (χ2v) is 8.07. The monoisotopic (exact) mass is 444 g/mol. The SMILES string of the molecule is COC1(C)C(=O)N(C)c2cc3c(N[C@H](C)c4cccc(C(F)F)c4F)nnc(C)c3cc21. The number of anilines is 2. The summed E-state index contributed by atoms with van der Waals surface area (Å²) >= 11 is 0. The van der Waals surface area contributed by atoms with E-state index < -0.39 is 29.4 Å². The highest BCUT2D eigenvalue weighted by molar-refractivity contribution is 6.10. The third-order valence-electron chi connectivity index (χ3n) is 6.19. The Hall–Kier alpha value is -3.20. The van der Waals surface area contributed by atoms with E-state index in [2.05, 4.69) is 15.5 Å². The summed E-state index contributed by atoms with van der Waals surface area (Å²) in [4.78, 5) is 14.3. The number of methoxy groups -OCH3 is 1. The lowest BCUT2D eigenvalue weighted by atomic mass is 9.94. The summed E-state index contributed by atoms with van der Waals surface area (Å²) in [7, 11) is 3.15. The molecule has 2 aromatic carbocycles. The van der Waals surface area contributed by atoms with Crippen molar-refractivity contribution in [3.63, 3.8) is 0 Å². The number of likely N-dealkylation sites (N-methyl/N-ethyl adjacent to an activating group) is 1. The minimum Gasteiger partial charge on any atom is -0.364 e. The number of amides is 1. The van der Waals surface area contributed by atoms with E-state index in [1.165, 1.54) is 24.1 Å². The molecule has 4 rings (SSSR count). The lowest BCUT2D eigenvalue weighted by Crippen LogP contribution is -2.37. The minimum absolute atomic E-state index is 0.0961. The van der Waals surface area contributed by atoms with Crippen LogP contribution in [0.2, 0.25) is 0 Å². The van der Waals surface area contributed by atoms with Gasteiger partial charge in [-0.25, -0.2) is 13.2 Å². The van der Waals surface area contributed by atoms with Crippen LogP contribution < -0.4 is 10.2 Å². The molecule has 0 aliphatic carbocycles. The van der Waals surface area contributed by atoms with Gasteiger partial charge >= 0.3 is 0 Å². The van der Waals surface area contributed by atoms with E-state index in [1.54, 1.807) is 27.8 Å². The Morgan fingerprint density at radius 1 is 1.16 bits per heavy atom. The fraction of sp³-hybridized carbons (Fsp3) is 0.348. The van der Waals surface area contributed by atoms with Crippen molar-refractivity contribution in [2.24, 2.45) is 0 Å². The molecule has 1 amide bonds. The Labute approximate surface area is 183 Å². The Morgan fingerprint density at radius 2 is 1.84 bits per heavy atom. The number of carbonyl (C=O) groups is 1. The molecule has 6 nitrogen and oxygen atoms in total. The molecule has 32 heavy (non-hydrogen) atoms.